The Morgan fingerprint density at radius 2 is 0.726 bits per heavy atom. The van der Waals surface area contributed by atoms with Crippen LogP contribution in [0.1, 0.15) is 109 Å². The average Bonchev–Trinajstić information content (AvgIpc) is 3.41. The number of hydrogen-bond acceptors (Lipinski definition) is 17. The van der Waals surface area contributed by atoms with Crippen LogP contribution < -0.4 is 62.6 Å². The van der Waals surface area contributed by atoms with E-state index in [-0.39, 0.29) is 151 Å². The van der Waals surface area contributed by atoms with E-state index in [2.05, 4.69) is 42.5 Å². The SMILES string of the molecule is O=C(O)CNS(=O)(=O)c1cc2c([O-])c(c1)C(=O)NCCN1CCNC(=O)c3cccc(c3[O-])C(=O)NCCC(/C=C/C3CCNC(=O)c4cccc(c4[O-])C(=O)NCCN(CCNC(=O)c4cccc(c4O)C(=O)NCC3)CC1)CCNC2=O. The minimum absolute atomic E-state index is 0.00708. The monoisotopic (exact) mass is 1180 g/mol. The van der Waals surface area contributed by atoms with Crippen molar-refractivity contribution in [3.8, 4) is 23.0 Å². The van der Waals surface area contributed by atoms with Crippen LogP contribution in [0.2, 0.25) is 0 Å². The molecule has 8 rings (SSSR count). The molecule has 0 spiro atoms. The van der Waals surface area contributed by atoms with Crippen LogP contribution in [0.4, 0.5) is 0 Å². The maximum atomic E-state index is 14.1. The number of sulfonamides is 1. The number of para-hydroxylation sites is 3. The van der Waals surface area contributed by atoms with Gasteiger partial charge < -0.3 is 68.1 Å². The van der Waals surface area contributed by atoms with E-state index in [4.69, 9.17) is 0 Å². The number of phenols is 1. The molecule has 4 aromatic carbocycles. The highest BCUT2D eigenvalue weighted by Crippen LogP contribution is 2.27. The van der Waals surface area contributed by atoms with Gasteiger partial charge in [-0.05, 0) is 61.8 Å². The lowest BCUT2D eigenvalue weighted by molar-refractivity contribution is -0.269. The lowest BCUT2D eigenvalue weighted by atomic mass is 9.94. The number of fused-ring (bicyclic) bond motifs is 15. The van der Waals surface area contributed by atoms with E-state index in [1.165, 1.54) is 54.6 Å². The second kappa shape index (κ2) is 29.2. The third kappa shape index (κ3) is 16.5. The van der Waals surface area contributed by atoms with Gasteiger partial charge >= 0.3 is 5.97 Å². The zero-order valence-electron chi connectivity index (χ0n) is 45.5. The molecule has 0 saturated heterocycles. The summed E-state index contributed by atoms with van der Waals surface area (Å²) in [6, 6.07) is 13.4. The zero-order valence-corrected chi connectivity index (χ0v) is 46.3. The number of amides is 8. The normalized spacial score (nSPS) is 21.3. The number of carboxylic acid groups (broad SMARTS) is 1. The van der Waals surface area contributed by atoms with E-state index in [1.54, 1.807) is 22.0 Å². The molecule has 448 valence electrons. The first-order chi connectivity index (χ1) is 40.2. The number of nitrogens with zero attached hydrogens (tertiary/aromatic N) is 2. The first-order valence-electron chi connectivity index (χ1n) is 27.1. The Labute approximate surface area is 482 Å². The number of carbonyl (C=O) groups excluding carboxylic acids is 8. The molecule has 27 nitrogen and oxygen atoms in total. The van der Waals surface area contributed by atoms with E-state index in [1.807, 2.05) is 4.72 Å². The molecule has 4 aliphatic heterocycles. The first kappa shape index (κ1) is 62.5. The first-order valence-corrected chi connectivity index (χ1v) is 28.6. The minimum atomic E-state index is -4.77. The predicted molar refractivity (Wildman–Crippen MR) is 295 cm³/mol. The summed E-state index contributed by atoms with van der Waals surface area (Å²) in [6.07, 6.45) is 3.97. The summed E-state index contributed by atoms with van der Waals surface area (Å²) in [5, 5.41) is 83.5. The van der Waals surface area contributed by atoms with Crippen LogP contribution >= 0.6 is 0 Å². The Hall–Kier alpha value is -9.12. The van der Waals surface area contributed by atoms with Crippen molar-refractivity contribution in [3.63, 3.8) is 0 Å². The number of carboxylic acids is 1. The van der Waals surface area contributed by atoms with Crippen LogP contribution in [0.3, 0.4) is 0 Å². The van der Waals surface area contributed by atoms with Gasteiger partial charge in [0, 0.05) is 125 Å². The molecule has 4 aromatic rings. The van der Waals surface area contributed by atoms with Crippen molar-refractivity contribution in [1.82, 2.24) is 57.1 Å². The number of benzene rings is 4. The number of phenolic OH excluding ortho intramolecular Hbond substituents is 1. The molecule has 4 aliphatic rings. The van der Waals surface area contributed by atoms with Gasteiger partial charge in [0.1, 0.15) is 12.3 Å². The van der Waals surface area contributed by atoms with Crippen molar-refractivity contribution in [2.75, 3.05) is 98.2 Å². The van der Waals surface area contributed by atoms with E-state index in [9.17, 15) is 77.1 Å². The third-order valence-electron chi connectivity index (χ3n) is 14.3. The molecular formula is C56H64N11O16S-3. The van der Waals surface area contributed by atoms with Crippen molar-refractivity contribution in [2.45, 2.75) is 30.6 Å². The van der Waals surface area contributed by atoms with Gasteiger partial charge in [-0.2, -0.15) is 4.72 Å². The van der Waals surface area contributed by atoms with Crippen molar-refractivity contribution in [3.05, 3.63) is 123 Å². The van der Waals surface area contributed by atoms with Crippen LogP contribution in [-0.4, -0.2) is 180 Å². The lowest BCUT2D eigenvalue weighted by Gasteiger charge is -2.28. The van der Waals surface area contributed by atoms with Gasteiger partial charge in [-0.15, -0.1) is 0 Å². The molecule has 12 bridgehead atoms. The molecule has 0 aliphatic carbocycles. The Balaban J connectivity index is 1.34. The quantitative estimate of drug-likeness (QED) is 0.0976. The summed E-state index contributed by atoms with van der Waals surface area (Å²) >= 11 is 0. The minimum Gasteiger partial charge on any atom is -0.871 e. The second-order valence-corrected chi connectivity index (χ2v) is 21.7. The molecule has 4 atom stereocenters. The fourth-order valence-corrected chi connectivity index (χ4v) is 10.6. The van der Waals surface area contributed by atoms with E-state index in [0.29, 0.717) is 12.1 Å². The van der Waals surface area contributed by atoms with Crippen molar-refractivity contribution in [2.24, 2.45) is 11.8 Å². The van der Waals surface area contributed by atoms with Gasteiger partial charge in [-0.1, -0.05) is 71.9 Å². The average molecular weight is 1180 g/mol. The maximum Gasteiger partial charge on any atom is 0.318 e. The Morgan fingerprint density at radius 1 is 0.452 bits per heavy atom. The molecule has 28 heteroatoms. The largest absolute Gasteiger partial charge is 0.871 e. The lowest BCUT2D eigenvalue weighted by Crippen LogP contribution is -2.46. The summed E-state index contributed by atoms with van der Waals surface area (Å²) < 4.78 is 28.8. The second-order valence-electron chi connectivity index (χ2n) is 19.9. The number of rotatable bonds is 4. The summed E-state index contributed by atoms with van der Waals surface area (Å²) in [5.74, 6) is -12.8. The Morgan fingerprint density at radius 3 is 1.05 bits per heavy atom. The molecule has 0 aromatic heterocycles. The fraction of sp³-hybridized carbons (Fsp3) is 0.375. The summed E-state index contributed by atoms with van der Waals surface area (Å²) in [7, 11) is -4.77. The van der Waals surface area contributed by atoms with Crippen LogP contribution in [-0.2, 0) is 14.8 Å². The van der Waals surface area contributed by atoms with Crippen LogP contribution in [0.5, 0.6) is 23.0 Å². The molecule has 4 heterocycles. The predicted octanol–water partition coefficient (Wildman–Crippen LogP) is -2.09. The standard InChI is InChI=1S/C56H67N11O16S/c68-44(69)32-65-84(82,83)35-30-42-48(73)43(31-35)56(81)64-23-27-67-26-22-63-54(79)41-9-3-6-38(47(41)72)51(76)59-18-14-34(15-19-60-55(42)80)11-10-33-12-16-57-49(74)36-4-1-7-39(45(36)70)52(77)61-20-24-66(28-29-67)25-21-62-53(78)40-8-2-5-37(46(40)71)50(75)58-17-13-33/h1-11,30-31,33-34,65,70-73H,12-29,32H2,(H,57,74)(H,58,75)(H,59,76)(H,60,80)(H,61,77)(H,62,78)(H,63,79)(H,64,81)(H,68,69)/p-3/b11-10+. The number of aromatic hydroxyl groups is 1. The number of carbonyl (C=O) groups is 9. The van der Waals surface area contributed by atoms with Crippen LogP contribution in [0.25, 0.3) is 0 Å². The van der Waals surface area contributed by atoms with E-state index in [0.717, 1.165) is 0 Å². The molecule has 8 amide bonds. The summed E-state index contributed by atoms with van der Waals surface area (Å²) in [6.45, 7) is -1.75. The fourth-order valence-electron chi connectivity index (χ4n) is 9.53. The smallest absolute Gasteiger partial charge is 0.318 e. The number of hydrogen-bond donors (Lipinski definition) is 11. The van der Waals surface area contributed by atoms with Crippen molar-refractivity contribution >= 4 is 63.3 Å². The molecule has 0 radical (unpaired) electrons. The molecule has 0 fully saturated rings. The van der Waals surface area contributed by atoms with Gasteiger partial charge in [-0.3, -0.25) is 53.0 Å². The maximum absolute atomic E-state index is 14.1. The molecule has 4 unspecified atom stereocenters. The van der Waals surface area contributed by atoms with E-state index >= 15 is 0 Å². The number of nitrogens with one attached hydrogen (secondary N) is 9. The van der Waals surface area contributed by atoms with Gasteiger partial charge in [0.15, 0.2) is 0 Å². The van der Waals surface area contributed by atoms with Gasteiger partial charge in [0.2, 0.25) is 10.0 Å². The van der Waals surface area contributed by atoms with Gasteiger partial charge in [0.05, 0.1) is 16.0 Å². The molecule has 84 heavy (non-hydrogen) atoms. The highest BCUT2D eigenvalue weighted by atomic mass is 32.2. The Kier molecular flexibility index (Phi) is 21.7. The number of allylic oxidation sites excluding steroid dienone is 2. The number of aliphatic carboxylic acids is 1. The highest BCUT2D eigenvalue weighted by molar-refractivity contribution is 7.89. The van der Waals surface area contributed by atoms with Crippen LogP contribution in [0, 0.1) is 11.8 Å². The molecule has 0 saturated carbocycles. The van der Waals surface area contributed by atoms with Crippen molar-refractivity contribution in [1.29, 1.82) is 0 Å². The molecular weight excluding hydrogens is 1110 g/mol. The van der Waals surface area contributed by atoms with E-state index < -0.39 is 121 Å². The third-order valence-corrected chi connectivity index (χ3v) is 15.6. The van der Waals surface area contributed by atoms with Gasteiger partial charge in [-0.25, -0.2) is 8.42 Å². The highest BCUT2D eigenvalue weighted by Gasteiger charge is 2.25. The topological polar surface area (TPSA) is 412 Å². The zero-order chi connectivity index (χ0) is 60.5. The summed E-state index contributed by atoms with van der Waals surface area (Å²) in [5.41, 5.74) is -3.19. The summed E-state index contributed by atoms with van der Waals surface area (Å²) in [4.78, 5) is 124. The Bertz CT molecular complexity index is 3230. The van der Waals surface area contributed by atoms with Crippen molar-refractivity contribution < 1.29 is 77.1 Å². The molecule has 11 N–H and O–H groups in total. The van der Waals surface area contributed by atoms with Gasteiger partial charge in [0.25, 0.3) is 47.3 Å². The van der Waals surface area contributed by atoms with Crippen LogP contribution in [0.15, 0.2) is 83.8 Å².